The van der Waals surface area contributed by atoms with E-state index in [2.05, 4.69) is 9.97 Å². The van der Waals surface area contributed by atoms with Crippen LogP contribution in [0, 0.1) is 0 Å². The van der Waals surface area contributed by atoms with Crippen LogP contribution in [-0.4, -0.2) is 20.2 Å². The first kappa shape index (κ1) is 12.8. The average molecular weight is 272 g/mol. The van der Waals surface area contributed by atoms with Crippen molar-refractivity contribution < 1.29 is 4.39 Å². The summed E-state index contributed by atoms with van der Waals surface area (Å²) < 4.78 is 16.1. The Labute approximate surface area is 116 Å². The number of nitrogens with two attached hydrogens (primary N) is 1. The van der Waals surface area contributed by atoms with Crippen LogP contribution >= 0.6 is 0 Å². The molecule has 5 heteroatoms. The molecule has 0 aliphatic heterocycles. The Bertz CT molecular complexity index is 786. The summed E-state index contributed by atoms with van der Waals surface area (Å²) in [5, 5.41) is 0.935. The van der Waals surface area contributed by atoms with Crippen LogP contribution in [-0.2, 0) is 0 Å². The van der Waals surface area contributed by atoms with Crippen LogP contribution in [0.3, 0.4) is 0 Å². The van der Waals surface area contributed by atoms with Gasteiger partial charge in [0, 0.05) is 5.39 Å². The van der Waals surface area contributed by atoms with Gasteiger partial charge in [-0.3, -0.25) is 0 Å². The highest BCUT2D eigenvalue weighted by atomic mass is 19.1. The van der Waals surface area contributed by atoms with E-state index in [0.29, 0.717) is 11.3 Å². The standard InChI is InChI=1S/C15H17FN4/c1-9(15(2,3)16)20-8-18-12-13(20)10-6-4-5-7-11(10)19-14(12)17/h4-9H,1-3H3,(H2,17,19). The second-order valence-electron chi connectivity index (χ2n) is 5.60. The molecule has 104 valence electrons. The number of benzene rings is 1. The lowest BCUT2D eigenvalue weighted by molar-refractivity contribution is 0.143. The van der Waals surface area contributed by atoms with E-state index in [1.807, 2.05) is 35.8 Å². The molecule has 3 aromatic rings. The van der Waals surface area contributed by atoms with Gasteiger partial charge in [0.1, 0.15) is 11.2 Å². The molecular formula is C15H17FN4. The van der Waals surface area contributed by atoms with E-state index >= 15 is 0 Å². The van der Waals surface area contributed by atoms with Crippen molar-refractivity contribution in [2.75, 3.05) is 5.73 Å². The highest BCUT2D eigenvalue weighted by molar-refractivity contribution is 6.06. The van der Waals surface area contributed by atoms with E-state index < -0.39 is 5.67 Å². The zero-order chi connectivity index (χ0) is 14.5. The third-order valence-corrected chi connectivity index (χ3v) is 3.85. The number of imidazole rings is 1. The quantitative estimate of drug-likeness (QED) is 0.777. The van der Waals surface area contributed by atoms with E-state index in [1.54, 1.807) is 20.2 Å². The maximum atomic E-state index is 14.3. The van der Waals surface area contributed by atoms with Gasteiger partial charge in [-0.2, -0.15) is 0 Å². The largest absolute Gasteiger partial charge is 0.382 e. The van der Waals surface area contributed by atoms with Gasteiger partial charge in [-0.05, 0) is 26.8 Å². The lowest BCUT2D eigenvalue weighted by atomic mass is 10.0. The van der Waals surface area contributed by atoms with Crippen LogP contribution in [0.1, 0.15) is 26.8 Å². The number of pyridine rings is 1. The molecule has 0 fully saturated rings. The number of halogens is 1. The van der Waals surface area contributed by atoms with Crippen molar-refractivity contribution in [1.29, 1.82) is 0 Å². The summed E-state index contributed by atoms with van der Waals surface area (Å²) in [6, 6.07) is 7.35. The monoisotopic (exact) mass is 272 g/mol. The molecule has 0 aliphatic carbocycles. The van der Waals surface area contributed by atoms with Gasteiger partial charge in [-0.1, -0.05) is 18.2 Å². The number of hydrogen-bond acceptors (Lipinski definition) is 3. The van der Waals surface area contributed by atoms with Gasteiger partial charge in [0.25, 0.3) is 0 Å². The maximum Gasteiger partial charge on any atom is 0.152 e. The number of rotatable bonds is 2. The molecule has 0 aliphatic rings. The van der Waals surface area contributed by atoms with E-state index in [-0.39, 0.29) is 6.04 Å². The summed E-state index contributed by atoms with van der Waals surface area (Å²) in [5.74, 6) is 0.376. The van der Waals surface area contributed by atoms with Gasteiger partial charge in [-0.25, -0.2) is 14.4 Å². The fourth-order valence-corrected chi connectivity index (χ4v) is 2.39. The lowest BCUT2D eigenvalue weighted by Crippen LogP contribution is -2.26. The zero-order valence-electron chi connectivity index (χ0n) is 11.8. The van der Waals surface area contributed by atoms with E-state index in [9.17, 15) is 4.39 Å². The van der Waals surface area contributed by atoms with Crippen molar-refractivity contribution in [2.24, 2.45) is 0 Å². The molecule has 2 N–H and O–H groups in total. The smallest absolute Gasteiger partial charge is 0.152 e. The predicted molar refractivity (Wildman–Crippen MR) is 79.3 cm³/mol. The molecule has 1 atom stereocenters. The molecule has 0 amide bonds. The fourth-order valence-electron chi connectivity index (χ4n) is 2.39. The third kappa shape index (κ3) is 1.81. The molecular weight excluding hydrogens is 255 g/mol. The van der Waals surface area contributed by atoms with Crippen LogP contribution < -0.4 is 5.73 Å². The fraction of sp³-hybridized carbons (Fsp3) is 0.333. The number of alkyl halides is 1. The molecule has 2 heterocycles. The number of nitrogen functional groups attached to an aromatic ring is 1. The first-order valence-corrected chi connectivity index (χ1v) is 6.59. The molecule has 0 radical (unpaired) electrons. The highest BCUT2D eigenvalue weighted by Crippen LogP contribution is 2.33. The normalized spacial score (nSPS) is 14.0. The highest BCUT2D eigenvalue weighted by Gasteiger charge is 2.28. The molecule has 0 saturated heterocycles. The maximum absolute atomic E-state index is 14.3. The van der Waals surface area contributed by atoms with Gasteiger partial charge in [0.05, 0.1) is 23.4 Å². The van der Waals surface area contributed by atoms with Crippen molar-refractivity contribution in [2.45, 2.75) is 32.5 Å². The number of nitrogens with zero attached hydrogens (tertiary/aromatic N) is 3. The minimum Gasteiger partial charge on any atom is -0.382 e. The third-order valence-electron chi connectivity index (χ3n) is 3.85. The Morgan fingerprint density at radius 2 is 2.00 bits per heavy atom. The van der Waals surface area contributed by atoms with Crippen LogP contribution in [0.2, 0.25) is 0 Å². The van der Waals surface area contributed by atoms with E-state index in [0.717, 1.165) is 16.4 Å². The number of para-hydroxylation sites is 1. The molecule has 2 aromatic heterocycles. The molecule has 4 nitrogen and oxygen atoms in total. The number of fused-ring (bicyclic) bond motifs is 3. The summed E-state index contributed by atoms with van der Waals surface area (Å²) in [6.45, 7) is 4.97. The van der Waals surface area contributed by atoms with Gasteiger partial charge in [-0.15, -0.1) is 0 Å². The lowest BCUT2D eigenvalue weighted by Gasteiger charge is -2.25. The second-order valence-corrected chi connectivity index (χ2v) is 5.60. The molecule has 0 spiro atoms. The Morgan fingerprint density at radius 3 is 2.70 bits per heavy atom. The minimum absolute atomic E-state index is 0.349. The molecule has 3 rings (SSSR count). The molecule has 0 bridgehead atoms. The van der Waals surface area contributed by atoms with Crippen LogP contribution in [0.4, 0.5) is 10.2 Å². The summed E-state index contributed by atoms with van der Waals surface area (Å²) in [6.07, 6.45) is 1.64. The first-order valence-electron chi connectivity index (χ1n) is 6.59. The summed E-state index contributed by atoms with van der Waals surface area (Å²) in [5.41, 5.74) is 6.87. The minimum atomic E-state index is -1.35. The SMILES string of the molecule is CC(n1cnc2c(N)nc3ccccc3c21)C(C)(C)F. The van der Waals surface area contributed by atoms with Crippen molar-refractivity contribution in [3.63, 3.8) is 0 Å². The number of anilines is 1. The predicted octanol–water partition coefficient (Wildman–Crippen LogP) is 3.48. The molecule has 20 heavy (non-hydrogen) atoms. The van der Waals surface area contributed by atoms with Crippen LogP contribution in [0.25, 0.3) is 21.9 Å². The van der Waals surface area contributed by atoms with Gasteiger partial charge in [0.15, 0.2) is 5.82 Å². The molecule has 1 unspecified atom stereocenters. The van der Waals surface area contributed by atoms with Crippen LogP contribution in [0.5, 0.6) is 0 Å². The Morgan fingerprint density at radius 1 is 1.30 bits per heavy atom. The first-order chi connectivity index (χ1) is 9.39. The second kappa shape index (κ2) is 4.16. The average Bonchev–Trinajstić information content (AvgIpc) is 2.82. The Hall–Kier alpha value is -2.17. The van der Waals surface area contributed by atoms with E-state index in [1.165, 1.54) is 0 Å². The zero-order valence-corrected chi connectivity index (χ0v) is 11.8. The van der Waals surface area contributed by atoms with Crippen molar-refractivity contribution in [3.8, 4) is 0 Å². The van der Waals surface area contributed by atoms with Gasteiger partial charge >= 0.3 is 0 Å². The summed E-state index contributed by atoms with van der Waals surface area (Å²) in [4.78, 5) is 8.66. The van der Waals surface area contributed by atoms with Crippen molar-refractivity contribution >= 4 is 27.8 Å². The number of aromatic nitrogens is 3. The topological polar surface area (TPSA) is 56.7 Å². The van der Waals surface area contributed by atoms with Crippen molar-refractivity contribution in [1.82, 2.24) is 14.5 Å². The van der Waals surface area contributed by atoms with Crippen LogP contribution in [0.15, 0.2) is 30.6 Å². The van der Waals surface area contributed by atoms with Crippen molar-refractivity contribution in [3.05, 3.63) is 30.6 Å². The molecule has 0 saturated carbocycles. The Kier molecular flexibility index (Phi) is 2.67. The number of hydrogen-bond donors (Lipinski definition) is 1. The van der Waals surface area contributed by atoms with E-state index in [4.69, 9.17) is 5.73 Å². The van der Waals surface area contributed by atoms with Gasteiger partial charge < -0.3 is 10.3 Å². The Balaban J connectivity index is 2.41. The summed E-state index contributed by atoms with van der Waals surface area (Å²) >= 11 is 0. The van der Waals surface area contributed by atoms with Gasteiger partial charge in [0.2, 0.25) is 0 Å². The molecule has 1 aromatic carbocycles. The summed E-state index contributed by atoms with van der Waals surface area (Å²) in [7, 11) is 0.